The zero-order valence-electron chi connectivity index (χ0n) is 14.6. The fourth-order valence-corrected chi connectivity index (χ4v) is 3.18. The maximum absolute atomic E-state index is 10.4. The molecule has 0 amide bonds. The van der Waals surface area contributed by atoms with Gasteiger partial charge in [0.05, 0.1) is 22.0 Å². The minimum atomic E-state index is -4.29. The minimum absolute atomic E-state index is 0. The van der Waals surface area contributed by atoms with Gasteiger partial charge in [-0.3, -0.25) is 0 Å². The summed E-state index contributed by atoms with van der Waals surface area (Å²) in [7, 11) is -4.29. The molecular formula is C16H33NaO4S. The van der Waals surface area contributed by atoms with E-state index in [0.717, 1.165) is 19.3 Å². The average Bonchev–Trinajstić information content (AvgIpc) is 2.38. The molecule has 0 spiro atoms. The van der Waals surface area contributed by atoms with Gasteiger partial charge in [0.2, 0.25) is 0 Å². The molecule has 0 aromatic carbocycles. The molecule has 4 nitrogen and oxygen atoms in total. The van der Waals surface area contributed by atoms with Gasteiger partial charge in [-0.25, -0.2) is 8.42 Å². The summed E-state index contributed by atoms with van der Waals surface area (Å²) in [4.78, 5) is 0. The summed E-state index contributed by atoms with van der Waals surface area (Å²) in [5.74, 6) is -0.648. The molecule has 0 aromatic rings. The van der Waals surface area contributed by atoms with Crippen molar-refractivity contribution in [3.63, 3.8) is 0 Å². The minimum Gasteiger partial charge on any atom is -0.748 e. The topological polar surface area (TPSA) is 77.4 Å². The SMILES string of the molecule is CCCCCCCCCCCCCCC(O)CS(=O)(=O)[O-].[Na+]. The molecule has 0 fully saturated rings. The summed E-state index contributed by atoms with van der Waals surface area (Å²) in [6.07, 6.45) is 14.3. The molecule has 0 aliphatic heterocycles. The van der Waals surface area contributed by atoms with Crippen LogP contribution in [0.1, 0.15) is 90.4 Å². The zero-order valence-corrected chi connectivity index (χ0v) is 17.4. The predicted molar refractivity (Wildman–Crippen MR) is 86.3 cm³/mol. The van der Waals surface area contributed by atoms with Crippen molar-refractivity contribution in [2.45, 2.75) is 96.5 Å². The van der Waals surface area contributed by atoms with Crippen molar-refractivity contribution in [1.29, 1.82) is 0 Å². The van der Waals surface area contributed by atoms with Gasteiger partial charge >= 0.3 is 29.6 Å². The van der Waals surface area contributed by atoms with Gasteiger partial charge in [-0.15, -0.1) is 0 Å². The molecule has 0 rings (SSSR count). The molecule has 0 aromatic heterocycles. The first-order chi connectivity index (χ1) is 9.95. The summed E-state index contributed by atoms with van der Waals surface area (Å²) in [5.41, 5.74) is 0. The van der Waals surface area contributed by atoms with Crippen LogP contribution in [-0.4, -0.2) is 29.9 Å². The smallest absolute Gasteiger partial charge is 0.748 e. The van der Waals surface area contributed by atoms with Crippen LogP contribution in [0.5, 0.6) is 0 Å². The van der Waals surface area contributed by atoms with Gasteiger partial charge in [-0.05, 0) is 6.42 Å². The van der Waals surface area contributed by atoms with E-state index in [-0.39, 0.29) is 29.6 Å². The molecule has 0 aliphatic carbocycles. The van der Waals surface area contributed by atoms with Gasteiger partial charge in [0.1, 0.15) is 0 Å². The van der Waals surface area contributed by atoms with Crippen molar-refractivity contribution in [1.82, 2.24) is 0 Å². The van der Waals surface area contributed by atoms with Crippen LogP contribution in [0.25, 0.3) is 0 Å². The second-order valence-corrected chi connectivity index (χ2v) is 7.50. The zero-order chi connectivity index (χ0) is 16.0. The number of hydrogen-bond acceptors (Lipinski definition) is 4. The van der Waals surface area contributed by atoms with Crippen LogP contribution in [0.3, 0.4) is 0 Å². The number of unbranched alkanes of at least 4 members (excludes halogenated alkanes) is 11. The normalized spacial score (nSPS) is 12.9. The van der Waals surface area contributed by atoms with Crippen molar-refractivity contribution < 1.29 is 47.6 Å². The maximum atomic E-state index is 10.4. The Hall–Kier alpha value is 0.870. The Balaban J connectivity index is 0. The molecule has 1 N–H and O–H groups in total. The van der Waals surface area contributed by atoms with Crippen LogP contribution in [0.15, 0.2) is 0 Å². The van der Waals surface area contributed by atoms with E-state index in [1.807, 2.05) is 0 Å². The number of hydrogen-bond donors (Lipinski definition) is 1. The van der Waals surface area contributed by atoms with Crippen LogP contribution in [0.4, 0.5) is 0 Å². The first-order valence-electron chi connectivity index (χ1n) is 8.57. The third-order valence-electron chi connectivity index (χ3n) is 3.79. The van der Waals surface area contributed by atoms with Crippen molar-refractivity contribution in [3.8, 4) is 0 Å². The standard InChI is InChI=1S/C16H34O4S.Na/c1-2-3-4-5-6-7-8-9-10-11-12-13-14-16(17)15-21(18,19)20;/h16-17H,2-15H2,1H3,(H,18,19,20);/q;+1/p-1. The van der Waals surface area contributed by atoms with Crippen molar-refractivity contribution >= 4 is 10.1 Å². The molecular weight excluding hydrogens is 311 g/mol. The monoisotopic (exact) mass is 344 g/mol. The summed E-state index contributed by atoms with van der Waals surface area (Å²) in [6.45, 7) is 2.23. The van der Waals surface area contributed by atoms with Crippen LogP contribution in [0.2, 0.25) is 0 Å². The number of aliphatic hydroxyl groups excluding tert-OH is 1. The van der Waals surface area contributed by atoms with Gasteiger partial charge in [0.25, 0.3) is 0 Å². The maximum Gasteiger partial charge on any atom is 1.00 e. The fraction of sp³-hybridized carbons (Fsp3) is 1.00. The molecule has 0 radical (unpaired) electrons. The Bertz CT molecular complexity index is 320. The molecule has 0 bridgehead atoms. The Morgan fingerprint density at radius 1 is 0.818 bits per heavy atom. The third kappa shape index (κ3) is 20.9. The third-order valence-corrected chi connectivity index (χ3v) is 4.58. The van der Waals surface area contributed by atoms with Crippen molar-refractivity contribution in [3.05, 3.63) is 0 Å². The molecule has 22 heavy (non-hydrogen) atoms. The van der Waals surface area contributed by atoms with Gasteiger partial charge in [0, 0.05) is 0 Å². The number of rotatable bonds is 15. The van der Waals surface area contributed by atoms with Crippen LogP contribution in [-0.2, 0) is 10.1 Å². The second kappa shape index (κ2) is 16.7. The van der Waals surface area contributed by atoms with E-state index in [2.05, 4.69) is 6.92 Å². The van der Waals surface area contributed by atoms with Gasteiger partial charge < -0.3 is 9.66 Å². The molecule has 0 saturated carbocycles. The summed E-state index contributed by atoms with van der Waals surface area (Å²) in [5, 5.41) is 9.37. The molecule has 128 valence electrons. The Labute approximate surface area is 159 Å². The van der Waals surface area contributed by atoms with E-state index in [9.17, 15) is 18.1 Å². The Morgan fingerprint density at radius 2 is 1.18 bits per heavy atom. The molecule has 1 atom stereocenters. The van der Waals surface area contributed by atoms with E-state index in [1.165, 1.54) is 57.8 Å². The quantitative estimate of drug-likeness (QED) is 0.273. The van der Waals surface area contributed by atoms with Gasteiger partial charge in [-0.1, -0.05) is 84.0 Å². The second-order valence-electron chi connectivity index (χ2n) is 6.06. The van der Waals surface area contributed by atoms with Crippen LogP contribution >= 0.6 is 0 Å². The van der Waals surface area contributed by atoms with Gasteiger partial charge in [0.15, 0.2) is 0 Å². The van der Waals surface area contributed by atoms with Crippen molar-refractivity contribution in [2.75, 3.05) is 5.75 Å². The molecule has 6 heteroatoms. The predicted octanol–water partition coefficient (Wildman–Crippen LogP) is 0.988. The first-order valence-corrected chi connectivity index (χ1v) is 10.1. The summed E-state index contributed by atoms with van der Waals surface area (Å²) in [6, 6.07) is 0. The fourth-order valence-electron chi connectivity index (χ4n) is 2.54. The Morgan fingerprint density at radius 3 is 1.55 bits per heavy atom. The Kier molecular flexibility index (Phi) is 19.1. The first kappa shape index (κ1) is 25.1. The van der Waals surface area contributed by atoms with Crippen LogP contribution < -0.4 is 29.6 Å². The average molecular weight is 344 g/mol. The van der Waals surface area contributed by atoms with E-state index in [4.69, 9.17) is 0 Å². The van der Waals surface area contributed by atoms with Gasteiger partial charge in [-0.2, -0.15) is 0 Å². The van der Waals surface area contributed by atoms with Crippen molar-refractivity contribution in [2.24, 2.45) is 0 Å². The summed E-state index contributed by atoms with van der Waals surface area (Å²) < 4.78 is 31.3. The largest absolute Gasteiger partial charge is 1.00 e. The van der Waals surface area contributed by atoms with E-state index < -0.39 is 22.0 Å². The van der Waals surface area contributed by atoms with Crippen LogP contribution in [0, 0.1) is 0 Å². The molecule has 0 aliphatic rings. The van der Waals surface area contributed by atoms with E-state index in [0.29, 0.717) is 6.42 Å². The molecule has 0 saturated heterocycles. The van der Waals surface area contributed by atoms with E-state index in [1.54, 1.807) is 0 Å². The molecule has 0 heterocycles. The van der Waals surface area contributed by atoms with E-state index >= 15 is 0 Å². The molecule has 1 unspecified atom stereocenters. The summed E-state index contributed by atoms with van der Waals surface area (Å²) >= 11 is 0. The number of aliphatic hydroxyl groups is 1.